The van der Waals surface area contributed by atoms with Gasteiger partial charge in [-0.2, -0.15) is 17.5 Å². The first-order chi connectivity index (χ1) is 17.0. The van der Waals surface area contributed by atoms with Crippen molar-refractivity contribution in [2.45, 2.75) is 31.0 Å². The third kappa shape index (κ3) is 9.58. The van der Waals surface area contributed by atoms with Gasteiger partial charge in [0.05, 0.1) is 28.7 Å². The van der Waals surface area contributed by atoms with Gasteiger partial charge in [0.2, 0.25) is 10.0 Å². The molecule has 1 rings (SSSR count). The van der Waals surface area contributed by atoms with E-state index >= 15 is 0 Å². The number of nitrogens with one attached hydrogen (secondary N) is 1. The molecule has 1 N–H and O–H groups in total. The zero-order valence-electron chi connectivity index (χ0n) is 19.3. The van der Waals surface area contributed by atoms with E-state index in [0.29, 0.717) is 18.2 Å². The van der Waals surface area contributed by atoms with E-state index in [4.69, 9.17) is 0 Å². The van der Waals surface area contributed by atoms with Crippen molar-refractivity contribution in [1.29, 1.82) is 0 Å². The Kier molecular flexibility index (Phi) is 11.5. The fraction of sp³-hybridized carbons (Fsp3) is 0.588. The molecule has 1 aromatic carbocycles. The van der Waals surface area contributed by atoms with Crippen LogP contribution in [0.25, 0.3) is 0 Å². The van der Waals surface area contributed by atoms with Crippen LogP contribution in [0.2, 0.25) is 0 Å². The number of ether oxygens (including phenoxy) is 1. The molecule has 210 valence electrons. The van der Waals surface area contributed by atoms with Gasteiger partial charge in [0.15, 0.2) is 11.5 Å². The highest BCUT2D eigenvalue weighted by molar-refractivity contribution is 7.89. The van der Waals surface area contributed by atoms with Crippen LogP contribution < -0.4 is 5.09 Å². The average molecular weight is 582 g/mol. The van der Waals surface area contributed by atoms with Crippen LogP contribution in [0.3, 0.4) is 0 Å². The molecule has 0 saturated carbocycles. The SMILES string of the molecule is CCOC(=O)[C@@H](C)NP(=O)(CCN(CCF)S(=O)(=O)c1ccc([N+](=O)[O-])cc1[N+](=O)[O-])OCC(F)(F)F. The predicted octanol–water partition coefficient (Wildman–Crippen LogP) is 2.78. The number of carbonyl (C=O) groups excluding carboxylic acids is 1. The first-order valence-corrected chi connectivity index (χ1v) is 13.5. The van der Waals surface area contributed by atoms with Crippen LogP contribution in [0.1, 0.15) is 13.8 Å². The van der Waals surface area contributed by atoms with E-state index in [1.54, 1.807) is 0 Å². The maximum Gasteiger partial charge on any atom is 0.412 e. The molecule has 0 aliphatic carbocycles. The number of carbonyl (C=O) groups is 1. The summed E-state index contributed by atoms with van der Waals surface area (Å²) in [6.07, 6.45) is -5.98. The van der Waals surface area contributed by atoms with Gasteiger partial charge in [0, 0.05) is 19.2 Å². The van der Waals surface area contributed by atoms with Crippen molar-refractivity contribution in [3.8, 4) is 0 Å². The monoisotopic (exact) mass is 582 g/mol. The number of nitro groups is 2. The van der Waals surface area contributed by atoms with E-state index in [9.17, 15) is 55.6 Å². The third-order valence-corrected chi connectivity index (χ3v) is 8.47. The molecule has 14 nitrogen and oxygen atoms in total. The van der Waals surface area contributed by atoms with Crippen molar-refractivity contribution in [3.05, 3.63) is 38.4 Å². The molecule has 0 bridgehead atoms. The van der Waals surface area contributed by atoms with Gasteiger partial charge in [-0.3, -0.25) is 29.6 Å². The van der Waals surface area contributed by atoms with Crippen LogP contribution in [0, 0.1) is 20.2 Å². The molecule has 0 aromatic heterocycles. The fourth-order valence-corrected chi connectivity index (χ4v) is 6.35. The van der Waals surface area contributed by atoms with Crippen molar-refractivity contribution in [2.24, 2.45) is 0 Å². The molecule has 0 heterocycles. The highest BCUT2D eigenvalue weighted by Crippen LogP contribution is 2.44. The summed E-state index contributed by atoms with van der Waals surface area (Å²) < 4.78 is 99.9. The molecule has 1 aromatic rings. The van der Waals surface area contributed by atoms with E-state index in [2.05, 4.69) is 9.26 Å². The summed E-state index contributed by atoms with van der Waals surface area (Å²) in [5.41, 5.74) is -2.03. The molecule has 2 atom stereocenters. The average Bonchev–Trinajstić information content (AvgIpc) is 2.79. The smallest absolute Gasteiger partial charge is 0.412 e. The Morgan fingerprint density at radius 3 is 2.32 bits per heavy atom. The number of rotatable bonds is 15. The summed E-state index contributed by atoms with van der Waals surface area (Å²) >= 11 is 0. The van der Waals surface area contributed by atoms with Crippen LogP contribution in [0.15, 0.2) is 23.1 Å². The van der Waals surface area contributed by atoms with Crippen LogP contribution in [-0.2, 0) is 28.6 Å². The lowest BCUT2D eigenvalue weighted by Gasteiger charge is -2.26. The normalized spacial score (nSPS) is 14.7. The summed E-state index contributed by atoms with van der Waals surface area (Å²) in [6, 6.07) is 0.0897. The van der Waals surface area contributed by atoms with Gasteiger partial charge in [-0.1, -0.05) is 0 Å². The molecule has 0 radical (unpaired) electrons. The molecule has 0 spiro atoms. The van der Waals surface area contributed by atoms with Gasteiger partial charge in [-0.25, -0.2) is 17.9 Å². The van der Waals surface area contributed by atoms with E-state index in [-0.39, 0.29) is 10.9 Å². The van der Waals surface area contributed by atoms with Gasteiger partial charge in [-0.15, -0.1) is 0 Å². The van der Waals surface area contributed by atoms with Crippen LogP contribution in [-0.4, -0.2) is 79.9 Å². The van der Waals surface area contributed by atoms with Crippen LogP contribution in [0.5, 0.6) is 0 Å². The third-order valence-electron chi connectivity index (χ3n) is 4.41. The second kappa shape index (κ2) is 13.2. The quantitative estimate of drug-likeness (QED) is 0.105. The van der Waals surface area contributed by atoms with E-state index < -0.39 is 94.4 Å². The lowest BCUT2D eigenvalue weighted by Crippen LogP contribution is -2.39. The highest BCUT2D eigenvalue weighted by Gasteiger charge is 2.38. The largest absolute Gasteiger partial charge is 0.465 e. The van der Waals surface area contributed by atoms with Crippen molar-refractivity contribution < 1.29 is 54.4 Å². The molecule has 0 amide bonds. The Bertz CT molecular complexity index is 1150. The van der Waals surface area contributed by atoms with E-state index in [1.165, 1.54) is 6.92 Å². The number of sulfonamides is 1. The Hall–Kier alpha value is -2.73. The molecule has 1 unspecified atom stereocenters. The molecular weight excluding hydrogens is 559 g/mol. The van der Waals surface area contributed by atoms with Crippen molar-refractivity contribution in [3.63, 3.8) is 0 Å². The molecule has 0 saturated heterocycles. The Morgan fingerprint density at radius 1 is 1.22 bits per heavy atom. The van der Waals surface area contributed by atoms with E-state index in [0.717, 1.165) is 6.92 Å². The lowest BCUT2D eigenvalue weighted by atomic mass is 10.3. The number of nitrogens with zero attached hydrogens (tertiary/aromatic N) is 3. The number of hydrogen-bond donors (Lipinski definition) is 1. The summed E-state index contributed by atoms with van der Waals surface area (Å²) in [5, 5.41) is 24.3. The molecule has 0 aliphatic heterocycles. The summed E-state index contributed by atoms with van der Waals surface area (Å²) in [7, 11) is -9.65. The van der Waals surface area contributed by atoms with Crippen molar-refractivity contribution >= 4 is 34.9 Å². The number of esters is 1. The maximum atomic E-state index is 13.2. The molecule has 0 fully saturated rings. The predicted molar refractivity (Wildman–Crippen MR) is 118 cm³/mol. The van der Waals surface area contributed by atoms with Crippen LogP contribution >= 0.6 is 7.52 Å². The first kappa shape index (κ1) is 32.3. The van der Waals surface area contributed by atoms with Gasteiger partial charge in [0.1, 0.15) is 12.7 Å². The number of hydrogen-bond acceptors (Lipinski definition) is 10. The highest BCUT2D eigenvalue weighted by atomic mass is 32.2. The second-order valence-electron chi connectivity index (χ2n) is 7.15. The molecule has 20 heteroatoms. The zero-order valence-corrected chi connectivity index (χ0v) is 21.1. The minimum absolute atomic E-state index is 0.116. The maximum absolute atomic E-state index is 13.2. The number of benzene rings is 1. The van der Waals surface area contributed by atoms with Crippen molar-refractivity contribution in [1.82, 2.24) is 9.39 Å². The number of alkyl halides is 4. The van der Waals surface area contributed by atoms with Crippen LogP contribution in [0.4, 0.5) is 28.9 Å². The summed E-state index contributed by atoms with van der Waals surface area (Å²) in [4.78, 5) is 30.8. The summed E-state index contributed by atoms with van der Waals surface area (Å²) in [6.45, 7) is -2.94. The topological polar surface area (TPSA) is 188 Å². The second-order valence-corrected chi connectivity index (χ2v) is 11.4. The molecular formula is C17H23F4N4O10PS. The Morgan fingerprint density at radius 2 is 1.84 bits per heavy atom. The molecule has 37 heavy (non-hydrogen) atoms. The zero-order chi connectivity index (χ0) is 28.6. The lowest BCUT2D eigenvalue weighted by molar-refractivity contribution is -0.396. The molecule has 0 aliphatic rings. The van der Waals surface area contributed by atoms with Gasteiger partial charge >= 0.3 is 12.1 Å². The first-order valence-electron chi connectivity index (χ1n) is 10.2. The Labute approximate surface area is 207 Å². The van der Waals surface area contributed by atoms with Gasteiger partial charge in [0.25, 0.3) is 18.9 Å². The minimum Gasteiger partial charge on any atom is -0.465 e. The Balaban J connectivity index is 3.36. The standard InChI is InChI=1S/C17H23F4N4O10PS/c1-3-34-16(26)12(2)22-36(31,35-11-17(19,20)21)9-8-23(7-6-18)37(32,33)15-5-4-13(24(27)28)10-14(15)25(29)30/h4-5,10,12H,3,6-9,11H2,1-2H3,(H,22,31)/t12-,36?/m1/s1. The number of non-ortho nitro benzene ring substituents is 1. The number of nitro benzene ring substituents is 2. The van der Waals surface area contributed by atoms with Gasteiger partial charge < -0.3 is 9.26 Å². The van der Waals surface area contributed by atoms with E-state index in [1.807, 2.05) is 5.09 Å². The summed E-state index contributed by atoms with van der Waals surface area (Å²) in [5.74, 6) is -1.01. The number of halogens is 4. The van der Waals surface area contributed by atoms with Crippen molar-refractivity contribution in [2.75, 3.05) is 39.1 Å². The van der Waals surface area contributed by atoms with Gasteiger partial charge in [-0.05, 0) is 19.9 Å². The minimum atomic E-state index is -4.99. The fourth-order valence-electron chi connectivity index (χ4n) is 2.77.